The van der Waals surface area contributed by atoms with Crippen LogP contribution in [0.2, 0.25) is 0 Å². The number of aromatic nitrogens is 2. The highest BCUT2D eigenvalue weighted by molar-refractivity contribution is 8.00. The number of benzene rings is 2. The fraction of sp³-hybridized carbons (Fsp3) is 0.238. The van der Waals surface area contributed by atoms with E-state index in [2.05, 4.69) is 20.8 Å². The Morgan fingerprint density at radius 2 is 2.10 bits per heavy atom. The Labute approximate surface area is 172 Å². The number of hydrogen-bond acceptors (Lipinski definition) is 6. The molecule has 2 amide bonds. The maximum atomic E-state index is 12.9. The summed E-state index contributed by atoms with van der Waals surface area (Å²) in [5, 5.41) is 9.79. The van der Waals surface area contributed by atoms with Crippen molar-refractivity contribution in [3.63, 3.8) is 0 Å². The number of carbonyl (C=O) groups is 2. The van der Waals surface area contributed by atoms with Crippen molar-refractivity contribution in [2.24, 2.45) is 0 Å². The van der Waals surface area contributed by atoms with Crippen LogP contribution in [0.25, 0.3) is 11.5 Å². The molecule has 8 heteroatoms. The summed E-state index contributed by atoms with van der Waals surface area (Å²) >= 11 is 1.46. The molecule has 0 radical (unpaired) electrons. The van der Waals surface area contributed by atoms with Crippen molar-refractivity contribution >= 4 is 35.0 Å². The van der Waals surface area contributed by atoms with Gasteiger partial charge in [0.2, 0.25) is 5.91 Å². The van der Waals surface area contributed by atoms with Crippen molar-refractivity contribution < 1.29 is 14.1 Å². The summed E-state index contributed by atoms with van der Waals surface area (Å²) in [7, 11) is 0. The number of anilines is 2. The van der Waals surface area contributed by atoms with Crippen LogP contribution in [0.3, 0.4) is 0 Å². The first-order chi connectivity index (χ1) is 13.9. The van der Waals surface area contributed by atoms with Gasteiger partial charge < -0.3 is 15.2 Å². The Balaban J connectivity index is 1.65. The molecule has 3 aromatic rings. The summed E-state index contributed by atoms with van der Waals surface area (Å²) in [6.45, 7) is 5.88. The van der Waals surface area contributed by atoms with E-state index in [9.17, 15) is 9.59 Å². The second-order valence-electron chi connectivity index (χ2n) is 7.11. The van der Waals surface area contributed by atoms with E-state index in [0.29, 0.717) is 40.0 Å². The number of amides is 2. The molecule has 0 fully saturated rings. The first kappa shape index (κ1) is 19.2. The Hall–Kier alpha value is -3.13. The third kappa shape index (κ3) is 3.88. The average molecular weight is 408 g/mol. The topological polar surface area (TPSA) is 97.1 Å². The van der Waals surface area contributed by atoms with Crippen molar-refractivity contribution in [3.8, 4) is 11.5 Å². The largest absolute Gasteiger partial charge is 0.334 e. The fourth-order valence-electron chi connectivity index (χ4n) is 3.00. The highest BCUT2D eigenvalue weighted by Crippen LogP contribution is 2.34. The lowest BCUT2D eigenvalue weighted by Crippen LogP contribution is -2.20. The molecular formula is C21H20N4O3S. The van der Waals surface area contributed by atoms with E-state index >= 15 is 0 Å². The predicted molar refractivity (Wildman–Crippen MR) is 112 cm³/mol. The lowest BCUT2D eigenvalue weighted by molar-refractivity contribution is -0.113. The van der Waals surface area contributed by atoms with Gasteiger partial charge in [-0.05, 0) is 36.8 Å². The molecule has 2 heterocycles. The molecule has 29 heavy (non-hydrogen) atoms. The van der Waals surface area contributed by atoms with Crippen LogP contribution in [0.1, 0.15) is 41.5 Å². The van der Waals surface area contributed by atoms with Gasteiger partial charge in [-0.15, -0.1) is 11.8 Å². The van der Waals surface area contributed by atoms with Crippen LogP contribution < -0.4 is 10.6 Å². The highest BCUT2D eigenvalue weighted by atomic mass is 32.2. The van der Waals surface area contributed by atoms with Crippen molar-refractivity contribution in [1.82, 2.24) is 10.1 Å². The Kier molecular flexibility index (Phi) is 5.10. The van der Waals surface area contributed by atoms with Crippen LogP contribution in [0, 0.1) is 6.92 Å². The fourth-order valence-corrected chi connectivity index (χ4v) is 3.79. The molecule has 7 nitrogen and oxygen atoms in total. The first-order valence-electron chi connectivity index (χ1n) is 9.24. The molecule has 0 unspecified atom stereocenters. The molecule has 0 saturated heterocycles. The highest BCUT2D eigenvalue weighted by Gasteiger charge is 2.20. The van der Waals surface area contributed by atoms with E-state index in [4.69, 9.17) is 4.52 Å². The minimum absolute atomic E-state index is 0.0707. The molecule has 1 aromatic heterocycles. The SMILES string of the molecule is Cc1cccc(-c2nc(C(C)C)no2)c1NC(=O)c1ccc2c(c1)NC(=O)CS2. The van der Waals surface area contributed by atoms with E-state index in [-0.39, 0.29) is 17.7 Å². The zero-order valence-electron chi connectivity index (χ0n) is 16.3. The first-order valence-corrected chi connectivity index (χ1v) is 10.2. The van der Waals surface area contributed by atoms with Gasteiger partial charge in [0.1, 0.15) is 0 Å². The number of aryl methyl sites for hydroxylation is 1. The maximum absolute atomic E-state index is 12.9. The molecule has 1 aliphatic heterocycles. The zero-order valence-corrected chi connectivity index (χ0v) is 17.1. The summed E-state index contributed by atoms with van der Waals surface area (Å²) < 4.78 is 5.42. The number of nitrogens with zero attached hydrogens (tertiary/aromatic N) is 2. The lowest BCUT2D eigenvalue weighted by Gasteiger charge is -2.17. The van der Waals surface area contributed by atoms with Crippen LogP contribution in [-0.2, 0) is 4.79 Å². The van der Waals surface area contributed by atoms with Crippen LogP contribution in [0.15, 0.2) is 45.8 Å². The van der Waals surface area contributed by atoms with E-state index in [1.165, 1.54) is 11.8 Å². The van der Waals surface area contributed by atoms with Gasteiger partial charge in [0.25, 0.3) is 11.8 Å². The number of nitrogens with one attached hydrogen (secondary N) is 2. The second-order valence-corrected chi connectivity index (χ2v) is 8.13. The molecule has 0 atom stereocenters. The smallest absolute Gasteiger partial charge is 0.260 e. The molecule has 0 bridgehead atoms. The number of thioether (sulfide) groups is 1. The quantitative estimate of drug-likeness (QED) is 0.661. The molecular weight excluding hydrogens is 388 g/mol. The maximum Gasteiger partial charge on any atom is 0.260 e. The van der Waals surface area contributed by atoms with Gasteiger partial charge in [0.05, 0.1) is 22.7 Å². The summed E-state index contributed by atoms with van der Waals surface area (Å²) in [4.78, 5) is 30.0. The van der Waals surface area contributed by atoms with Crippen LogP contribution in [0.4, 0.5) is 11.4 Å². The number of fused-ring (bicyclic) bond motifs is 1. The Bertz CT molecular complexity index is 1110. The van der Waals surface area contributed by atoms with E-state index < -0.39 is 0 Å². The molecule has 0 aliphatic carbocycles. The van der Waals surface area contributed by atoms with E-state index in [0.717, 1.165) is 10.5 Å². The summed E-state index contributed by atoms with van der Waals surface area (Å²) in [6.07, 6.45) is 0. The minimum atomic E-state index is -0.281. The van der Waals surface area contributed by atoms with Crippen LogP contribution in [-0.4, -0.2) is 27.7 Å². The van der Waals surface area contributed by atoms with Gasteiger partial charge in [-0.2, -0.15) is 4.98 Å². The van der Waals surface area contributed by atoms with Gasteiger partial charge in [0, 0.05) is 16.4 Å². The van der Waals surface area contributed by atoms with Gasteiger partial charge in [-0.3, -0.25) is 9.59 Å². The zero-order chi connectivity index (χ0) is 20.5. The molecule has 0 saturated carbocycles. The molecule has 2 N–H and O–H groups in total. The lowest BCUT2D eigenvalue weighted by atomic mass is 10.1. The van der Waals surface area contributed by atoms with Gasteiger partial charge in [0.15, 0.2) is 5.82 Å². The van der Waals surface area contributed by atoms with Gasteiger partial charge in [-0.1, -0.05) is 31.1 Å². The standard InChI is InChI=1S/C21H20N4O3S/c1-11(2)19-24-21(28-25-19)14-6-4-5-12(3)18(14)23-20(27)13-7-8-16-15(9-13)22-17(26)10-29-16/h4-9,11H,10H2,1-3H3,(H,22,26)(H,23,27). The molecule has 2 aromatic carbocycles. The molecule has 1 aliphatic rings. The summed E-state index contributed by atoms with van der Waals surface area (Å²) in [5.74, 6) is 1.14. The number of para-hydroxylation sites is 1. The number of hydrogen-bond donors (Lipinski definition) is 2. The Morgan fingerprint density at radius 1 is 1.28 bits per heavy atom. The van der Waals surface area contributed by atoms with E-state index in [1.54, 1.807) is 12.1 Å². The molecule has 148 valence electrons. The van der Waals surface area contributed by atoms with Crippen molar-refractivity contribution in [3.05, 3.63) is 53.3 Å². The third-order valence-electron chi connectivity index (χ3n) is 4.57. The van der Waals surface area contributed by atoms with Crippen molar-refractivity contribution in [1.29, 1.82) is 0 Å². The van der Waals surface area contributed by atoms with Gasteiger partial charge in [-0.25, -0.2) is 0 Å². The average Bonchev–Trinajstić information content (AvgIpc) is 3.19. The molecule has 0 spiro atoms. The summed E-state index contributed by atoms with van der Waals surface area (Å²) in [5.41, 5.74) is 3.27. The summed E-state index contributed by atoms with van der Waals surface area (Å²) in [6, 6.07) is 10.9. The normalized spacial score (nSPS) is 13.2. The van der Waals surface area contributed by atoms with Crippen LogP contribution >= 0.6 is 11.8 Å². The van der Waals surface area contributed by atoms with Gasteiger partial charge >= 0.3 is 0 Å². The number of carbonyl (C=O) groups excluding carboxylic acids is 2. The van der Waals surface area contributed by atoms with E-state index in [1.807, 2.05) is 45.0 Å². The van der Waals surface area contributed by atoms with Crippen molar-refractivity contribution in [2.45, 2.75) is 31.6 Å². The molecule has 4 rings (SSSR count). The number of rotatable bonds is 4. The van der Waals surface area contributed by atoms with Crippen LogP contribution in [0.5, 0.6) is 0 Å². The Morgan fingerprint density at radius 3 is 2.86 bits per heavy atom. The predicted octanol–water partition coefficient (Wildman–Crippen LogP) is 4.46. The second kappa shape index (κ2) is 7.71. The third-order valence-corrected chi connectivity index (χ3v) is 5.65. The minimum Gasteiger partial charge on any atom is -0.334 e. The monoisotopic (exact) mass is 408 g/mol. The van der Waals surface area contributed by atoms with Crippen molar-refractivity contribution in [2.75, 3.05) is 16.4 Å².